The normalized spacial score (nSPS) is 16.6. The zero-order valence-corrected chi connectivity index (χ0v) is 19.6. The van der Waals surface area contributed by atoms with Gasteiger partial charge in [0.2, 0.25) is 10.0 Å². The molecule has 182 valence electrons. The quantitative estimate of drug-likeness (QED) is 0.484. The molecule has 0 aromatic heterocycles. The van der Waals surface area contributed by atoms with E-state index in [0.29, 0.717) is 35.8 Å². The van der Waals surface area contributed by atoms with Crippen molar-refractivity contribution in [1.29, 1.82) is 0 Å². The highest BCUT2D eigenvalue weighted by Gasteiger charge is 2.34. The molecule has 1 saturated heterocycles. The maximum Gasteiger partial charge on any atom is 0.416 e. The van der Waals surface area contributed by atoms with Gasteiger partial charge >= 0.3 is 6.18 Å². The van der Waals surface area contributed by atoms with Gasteiger partial charge < -0.3 is 9.64 Å². The highest BCUT2D eigenvalue weighted by Crippen LogP contribution is 2.42. The molecule has 2 aliphatic heterocycles. The lowest BCUT2D eigenvalue weighted by Gasteiger charge is -2.36. The van der Waals surface area contributed by atoms with Crippen molar-refractivity contribution < 1.29 is 26.3 Å². The van der Waals surface area contributed by atoms with E-state index in [-0.39, 0.29) is 29.4 Å². The number of aryl methyl sites for hydroxylation is 1. The number of rotatable bonds is 2. The van der Waals surface area contributed by atoms with Gasteiger partial charge in [-0.1, -0.05) is 30.3 Å². The SMILES string of the molecule is Cc1ccccc1S(=O)(=O)N1CCN(C2=Nc3ccc(C(F)(F)F)cc3Oc3ccccc32)CC1. The summed E-state index contributed by atoms with van der Waals surface area (Å²) in [5, 5.41) is 0. The number of fused-ring (bicyclic) bond motifs is 2. The number of nitrogens with zero attached hydrogens (tertiary/aromatic N) is 3. The fourth-order valence-electron chi connectivity index (χ4n) is 4.26. The molecule has 0 atom stereocenters. The van der Waals surface area contributed by atoms with E-state index in [1.165, 1.54) is 10.4 Å². The van der Waals surface area contributed by atoms with Crippen LogP contribution in [0.3, 0.4) is 0 Å². The molecular weight excluding hydrogens is 479 g/mol. The molecule has 0 saturated carbocycles. The minimum atomic E-state index is -4.50. The third-order valence-electron chi connectivity index (χ3n) is 6.11. The molecule has 35 heavy (non-hydrogen) atoms. The summed E-state index contributed by atoms with van der Waals surface area (Å²) in [6.45, 7) is 3.00. The molecule has 2 aliphatic rings. The molecule has 0 aliphatic carbocycles. The number of halogens is 3. The maximum atomic E-state index is 13.3. The second-order valence-electron chi connectivity index (χ2n) is 8.37. The molecule has 0 bridgehead atoms. The molecule has 6 nitrogen and oxygen atoms in total. The second-order valence-corrected chi connectivity index (χ2v) is 10.3. The van der Waals surface area contributed by atoms with Gasteiger partial charge in [0.15, 0.2) is 5.75 Å². The molecule has 2 heterocycles. The largest absolute Gasteiger partial charge is 0.454 e. The Morgan fingerprint density at radius 2 is 1.57 bits per heavy atom. The third-order valence-corrected chi connectivity index (χ3v) is 8.17. The molecular formula is C25H22F3N3O3S. The van der Waals surface area contributed by atoms with Gasteiger partial charge in [0.1, 0.15) is 17.3 Å². The van der Waals surface area contributed by atoms with Crippen molar-refractivity contribution in [2.24, 2.45) is 4.99 Å². The van der Waals surface area contributed by atoms with Crippen LogP contribution in [-0.4, -0.2) is 49.6 Å². The van der Waals surface area contributed by atoms with Crippen LogP contribution in [0.25, 0.3) is 0 Å². The standard InChI is InChI=1S/C25H22F3N3O3S/c1-17-6-2-5-9-23(17)35(32,33)31-14-12-30(13-15-31)24-19-7-3-4-8-21(19)34-22-16-18(25(26,27)28)10-11-20(22)29-24/h2-11,16H,12-15H2,1H3. The van der Waals surface area contributed by atoms with Crippen LogP contribution in [0, 0.1) is 6.92 Å². The van der Waals surface area contributed by atoms with Gasteiger partial charge in [-0.15, -0.1) is 0 Å². The van der Waals surface area contributed by atoms with Crippen molar-refractivity contribution in [2.45, 2.75) is 18.0 Å². The molecule has 5 rings (SSSR count). The van der Waals surface area contributed by atoms with Gasteiger partial charge in [-0.05, 0) is 48.9 Å². The minimum absolute atomic E-state index is 0.0167. The first-order valence-electron chi connectivity index (χ1n) is 11.0. The van der Waals surface area contributed by atoms with Crippen LogP contribution in [0.2, 0.25) is 0 Å². The topological polar surface area (TPSA) is 62.2 Å². The number of sulfonamides is 1. The van der Waals surface area contributed by atoms with Crippen molar-refractivity contribution in [3.63, 3.8) is 0 Å². The highest BCUT2D eigenvalue weighted by molar-refractivity contribution is 7.89. The molecule has 1 fully saturated rings. The number of piperazine rings is 1. The molecule has 0 N–H and O–H groups in total. The zero-order chi connectivity index (χ0) is 24.8. The lowest BCUT2D eigenvalue weighted by molar-refractivity contribution is -0.137. The number of amidine groups is 1. The lowest BCUT2D eigenvalue weighted by atomic mass is 10.1. The minimum Gasteiger partial charge on any atom is -0.454 e. The molecule has 0 unspecified atom stereocenters. The van der Waals surface area contributed by atoms with Crippen LogP contribution in [0.1, 0.15) is 16.7 Å². The van der Waals surface area contributed by atoms with Crippen LogP contribution < -0.4 is 4.74 Å². The third kappa shape index (κ3) is 4.39. The fraction of sp³-hybridized carbons (Fsp3) is 0.240. The van der Waals surface area contributed by atoms with Crippen LogP contribution in [0.5, 0.6) is 11.5 Å². The van der Waals surface area contributed by atoms with Gasteiger partial charge in [0, 0.05) is 26.2 Å². The van der Waals surface area contributed by atoms with Crippen molar-refractivity contribution in [2.75, 3.05) is 26.2 Å². The summed E-state index contributed by atoms with van der Waals surface area (Å²) in [6, 6.07) is 17.1. The summed E-state index contributed by atoms with van der Waals surface area (Å²) in [5.74, 6) is 0.939. The number of aliphatic imine (C=N–C) groups is 1. The van der Waals surface area contributed by atoms with Gasteiger partial charge in [0.25, 0.3) is 0 Å². The fourth-order valence-corrected chi connectivity index (χ4v) is 5.91. The Bertz CT molecular complexity index is 1410. The molecule has 3 aromatic carbocycles. The molecule has 0 radical (unpaired) electrons. The van der Waals surface area contributed by atoms with Crippen molar-refractivity contribution in [3.05, 3.63) is 83.4 Å². The van der Waals surface area contributed by atoms with E-state index in [1.54, 1.807) is 55.5 Å². The molecule has 3 aromatic rings. The first-order chi connectivity index (χ1) is 16.6. The van der Waals surface area contributed by atoms with Gasteiger partial charge in [-0.25, -0.2) is 13.4 Å². The smallest absolute Gasteiger partial charge is 0.416 e. The number of hydrogen-bond donors (Lipinski definition) is 0. The summed E-state index contributed by atoms with van der Waals surface area (Å²) in [6.07, 6.45) is -4.50. The Balaban J connectivity index is 1.46. The summed E-state index contributed by atoms with van der Waals surface area (Å²) in [5.41, 5.74) is 0.776. The van der Waals surface area contributed by atoms with E-state index in [0.717, 1.165) is 12.1 Å². The van der Waals surface area contributed by atoms with Crippen LogP contribution in [0.4, 0.5) is 18.9 Å². The van der Waals surface area contributed by atoms with E-state index >= 15 is 0 Å². The van der Waals surface area contributed by atoms with Crippen molar-refractivity contribution in [1.82, 2.24) is 9.21 Å². The van der Waals surface area contributed by atoms with Crippen molar-refractivity contribution in [3.8, 4) is 11.5 Å². The van der Waals surface area contributed by atoms with Crippen LogP contribution in [0.15, 0.2) is 76.6 Å². The highest BCUT2D eigenvalue weighted by atomic mass is 32.2. The summed E-state index contributed by atoms with van der Waals surface area (Å²) >= 11 is 0. The summed E-state index contributed by atoms with van der Waals surface area (Å²) in [4.78, 5) is 6.90. The zero-order valence-electron chi connectivity index (χ0n) is 18.8. The predicted molar refractivity (Wildman–Crippen MR) is 126 cm³/mol. The van der Waals surface area contributed by atoms with E-state index in [2.05, 4.69) is 4.99 Å². The van der Waals surface area contributed by atoms with E-state index in [9.17, 15) is 21.6 Å². The summed E-state index contributed by atoms with van der Waals surface area (Å²) < 4.78 is 73.4. The Labute approximate surface area is 201 Å². The number of alkyl halides is 3. The first-order valence-corrected chi connectivity index (χ1v) is 12.5. The van der Waals surface area contributed by atoms with E-state index in [1.807, 2.05) is 4.90 Å². The van der Waals surface area contributed by atoms with Crippen LogP contribution >= 0.6 is 0 Å². The van der Waals surface area contributed by atoms with E-state index < -0.39 is 21.8 Å². The average Bonchev–Trinajstić information content (AvgIpc) is 3.00. The average molecular weight is 502 g/mol. The Hall–Kier alpha value is -3.37. The number of hydrogen-bond acceptors (Lipinski definition) is 5. The second kappa shape index (κ2) is 8.69. The Morgan fingerprint density at radius 3 is 2.29 bits per heavy atom. The van der Waals surface area contributed by atoms with Crippen LogP contribution in [-0.2, 0) is 16.2 Å². The Morgan fingerprint density at radius 1 is 0.886 bits per heavy atom. The monoisotopic (exact) mass is 501 g/mol. The summed E-state index contributed by atoms with van der Waals surface area (Å²) in [7, 11) is -3.65. The molecule has 0 amide bonds. The number of ether oxygens (including phenoxy) is 1. The van der Waals surface area contributed by atoms with E-state index in [4.69, 9.17) is 4.74 Å². The Kier molecular flexibility index (Phi) is 5.80. The predicted octanol–water partition coefficient (Wildman–Crippen LogP) is 5.20. The lowest BCUT2D eigenvalue weighted by Crippen LogP contribution is -2.50. The first kappa shape index (κ1) is 23.4. The van der Waals surface area contributed by atoms with Gasteiger partial charge in [-0.2, -0.15) is 17.5 Å². The molecule has 10 heteroatoms. The van der Waals surface area contributed by atoms with Gasteiger partial charge in [0.05, 0.1) is 16.0 Å². The number of benzene rings is 3. The maximum absolute atomic E-state index is 13.3. The molecule has 0 spiro atoms. The number of para-hydroxylation sites is 1. The van der Waals surface area contributed by atoms with Crippen molar-refractivity contribution >= 4 is 21.5 Å². The van der Waals surface area contributed by atoms with Gasteiger partial charge in [-0.3, -0.25) is 0 Å².